The van der Waals surface area contributed by atoms with Crippen molar-refractivity contribution in [1.29, 1.82) is 0 Å². The summed E-state index contributed by atoms with van der Waals surface area (Å²) in [6.45, 7) is 0.100. The highest BCUT2D eigenvalue weighted by atomic mass is 35.5. The predicted molar refractivity (Wildman–Crippen MR) is 58.9 cm³/mol. The molecule has 16 heavy (non-hydrogen) atoms. The van der Waals surface area contributed by atoms with Crippen LogP contribution in [0.15, 0.2) is 18.2 Å². The Balaban J connectivity index is 2.36. The number of carbonyl (C=O) groups is 1. The van der Waals surface area contributed by atoms with Gasteiger partial charge in [0.25, 0.3) is 0 Å². The van der Waals surface area contributed by atoms with Gasteiger partial charge in [-0.05, 0) is 18.2 Å². The minimum atomic E-state index is -0.429. The lowest BCUT2D eigenvalue weighted by atomic mass is 10.1. The number of anilines is 1. The number of aliphatic hydroxyl groups excluding tert-OH is 1. The number of hydrogen-bond donors (Lipinski definition) is 1. The molecule has 1 amide bonds. The van der Waals surface area contributed by atoms with Gasteiger partial charge in [0.05, 0.1) is 12.0 Å². The molecule has 1 N–H and O–H groups in total. The van der Waals surface area contributed by atoms with E-state index in [1.807, 2.05) is 0 Å². The van der Waals surface area contributed by atoms with Crippen LogP contribution < -0.4 is 4.90 Å². The summed E-state index contributed by atoms with van der Waals surface area (Å²) in [7, 11) is 0. The maximum absolute atomic E-state index is 13.0. The third kappa shape index (κ3) is 2.03. The monoisotopic (exact) mass is 243 g/mol. The van der Waals surface area contributed by atoms with Crippen LogP contribution in [0.1, 0.15) is 12.0 Å². The van der Waals surface area contributed by atoms with Gasteiger partial charge in [-0.1, -0.05) is 0 Å². The SMILES string of the molecule is O=C1CC(Cl)CN1c1ccc(F)cc1CO. The fraction of sp³-hybridized carbons (Fsp3) is 0.364. The Kier molecular flexibility index (Phi) is 3.12. The van der Waals surface area contributed by atoms with Gasteiger partial charge < -0.3 is 10.0 Å². The van der Waals surface area contributed by atoms with Gasteiger partial charge in [-0.2, -0.15) is 0 Å². The first-order valence-corrected chi connectivity index (χ1v) is 5.39. The van der Waals surface area contributed by atoms with E-state index in [1.165, 1.54) is 23.1 Å². The van der Waals surface area contributed by atoms with Gasteiger partial charge in [-0.15, -0.1) is 11.6 Å². The number of amides is 1. The molecule has 0 aliphatic carbocycles. The molecule has 86 valence electrons. The zero-order chi connectivity index (χ0) is 11.7. The normalized spacial score (nSPS) is 20.6. The first-order chi connectivity index (χ1) is 7.61. The van der Waals surface area contributed by atoms with Crippen molar-refractivity contribution in [2.45, 2.75) is 18.4 Å². The van der Waals surface area contributed by atoms with E-state index >= 15 is 0 Å². The van der Waals surface area contributed by atoms with Crippen molar-refractivity contribution in [3.05, 3.63) is 29.6 Å². The molecule has 0 aromatic heterocycles. The second-order valence-electron chi connectivity index (χ2n) is 3.74. The van der Waals surface area contributed by atoms with E-state index in [1.54, 1.807) is 0 Å². The van der Waals surface area contributed by atoms with Crippen LogP contribution in [0.25, 0.3) is 0 Å². The molecule has 1 aliphatic heterocycles. The minimum Gasteiger partial charge on any atom is -0.392 e. The number of alkyl halides is 1. The molecule has 0 radical (unpaired) electrons. The van der Waals surface area contributed by atoms with Crippen LogP contribution in [0.5, 0.6) is 0 Å². The summed E-state index contributed by atoms with van der Waals surface area (Å²) in [4.78, 5) is 13.1. The van der Waals surface area contributed by atoms with E-state index in [0.29, 0.717) is 17.8 Å². The van der Waals surface area contributed by atoms with Crippen LogP contribution in [-0.2, 0) is 11.4 Å². The van der Waals surface area contributed by atoms with Crippen molar-refractivity contribution in [2.75, 3.05) is 11.4 Å². The molecule has 1 heterocycles. The highest BCUT2D eigenvalue weighted by Gasteiger charge is 2.30. The quantitative estimate of drug-likeness (QED) is 0.803. The molecule has 0 saturated carbocycles. The molecular formula is C11H11ClFNO2. The molecule has 5 heteroatoms. The van der Waals surface area contributed by atoms with E-state index in [4.69, 9.17) is 16.7 Å². The number of halogens is 2. The fourth-order valence-corrected chi connectivity index (χ4v) is 2.11. The summed E-state index contributed by atoms with van der Waals surface area (Å²) in [5.41, 5.74) is 0.941. The third-order valence-corrected chi connectivity index (χ3v) is 2.87. The van der Waals surface area contributed by atoms with Crippen LogP contribution in [-0.4, -0.2) is 22.9 Å². The Morgan fingerprint density at radius 1 is 1.56 bits per heavy atom. The summed E-state index contributed by atoms with van der Waals surface area (Å²) >= 11 is 5.88. The number of aliphatic hydroxyl groups is 1. The maximum atomic E-state index is 13.0. The Hall–Kier alpha value is -1.13. The van der Waals surface area contributed by atoms with Gasteiger partial charge >= 0.3 is 0 Å². The van der Waals surface area contributed by atoms with Gasteiger partial charge in [0.15, 0.2) is 0 Å². The Bertz CT molecular complexity index is 424. The average Bonchev–Trinajstić information content (AvgIpc) is 2.57. The molecule has 1 saturated heterocycles. The highest BCUT2D eigenvalue weighted by molar-refractivity contribution is 6.24. The molecule has 1 aromatic carbocycles. The van der Waals surface area contributed by atoms with Crippen LogP contribution >= 0.6 is 11.6 Å². The zero-order valence-electron chi connectivity index (χ0n) is 8.49. The lowest BCUT2D eigenvalue weighted by Gasteiger charge is -2.19. The smallest absolute Gasteiger partial charge is 0.228 e. The van der Waals surface area contributed by atoms with Crippen molar-refractivity contribution < 1.29 is 14.3 Å². The third-order valence-electron chi connectivity index (χ3n) is 2.58. The van der Waals surface area contributed by atoms with Gasteiger partial charge in [0, 0.05) is 24.2 Å². The number of benzene rings is 1. The van der Waals surface area contributed by atoms with Gasteiger partial charge in [-0.25, -0.2) is 4.39 Å². The molecule has 2 rings (SSSR count). The number of hydrogen-bond acceptors (Lipinski definition) is 2. The van der Waals surface area contributed by atoms with Crippen molar-refractivity contribution >= 4 is 23.2 Å². The molecule has 1 aromatic rings. The molecule has 0 spiro atoms. The maximum Gasteiger partial charge on any atom is 0.228 e. The largest absolute Gasteiger partial charge is 0.392 e. The Labute approximate surface area is 97.4 Å². The van der Waals surface area contributed by atoms with Crippen LogP contribution in [0.4, 0.5) is 10.1 Å². The first-order valence-electron chi connectivity index (χ1n) is 4.95. The number of rotatable bonds is 2. The fourth-order valence-electron chi connectivity index (χ4n) is 1.84. The first kappa shape index (κ1) is 11.4. The van der Waals surface area contributed by atoms with E-state index in [2.05, 4.69) is 0 Å². The predicted octanol–water partition coefficient (Wildman–Crippen LogP) is 1.66. The summed E-state index contributed by atoms with van der Waals surface area (Å²) in [5, 5.41) is 8.90. The summed E-state index contributed by atoms with van der Waals surface area (Å²) in [6.07, 6.45) is 0.282. The molecule has 1 unspecified atom stereocenters. The van der Waals surface area contributed by atoms with Gasteiger partial charge in [-0.3, -0.25) is 4.79 Å². The molecule has 3 nitrogen and oxygen atoms in total. The van der Waals surface area contributed by atoms with Crippen molar-refractivity contribution in [1.82, 2.24) is 0 Å². The number of nitrogens with zero attached hydrogens (tertiary/aromatic N) is 1. The topological polar surface area (TPSA) is 40.5 Å². The summed E-state index contributed by atoms with van der Waals surface area (Å²) in [6, 6.07) is 3.99. The van der Waals surface area contributed by atoms with E-state index in [0.717, 1.165) is 0 Å². The molecule has 1 aliphatic rings. The van der Waals surface area contributed by atoms with Crippen molar-refractivity contribution in [2.24, 2.45) is 0 Å². The second kappa shape index (κ2) is 4.39. The Morgan fingerprint density at radius 2 is 2.31 bits per heavy atom. The van der Waals surface area contributed by atoms with E-state index in [9.17, 15) is 9.18 Å². The lowest BCUT2D eigenvalue weighted by molar-refractivity contribution is -0.117. The van der Waals surface area contributed by atoms with Gasteiger partial charge in [0.2, 0.25) is 5.91 Å². The van der Waals surface area contributed by atoms with E-state index < -0.39 is 5.82 Å². The molecule has 0 bridgehead atoms. The highest BCUT2D eigenvalue weighted by Crippen LogP contribution is 2.28. The van der Waals surface area contributed by atoms with Crippen LogP contribution in [0.2, 0.25) is 0 Å². The average molecular weight is 244 g/mol. The Morgan fingerprint density at radius 3 is 2.88 bits per heavy atom. The second-order valence-corrected chi connectivity index (χ2v) is 4.35. The van der Waals surface area contributed by atoms with Crippen LogP contribution in [0, 0.1) is 5.82 Å². The van der Waals surface area contributed by atoms with Crippen molar-refractivity contribution in [3.63, 3.8) is 0 Å². The van der Waals surface area contributed by atoms with Crippen molar-refractivity contribution in [3.8, 4) is 0 Å². The lowest BCUT2D eigenvalue weighted by Crippen LogP contribution is -2.25. The molecule has 1 fully saturated rings. The van der Waals surface area contributed by atoms with Crippen LogP contribution in [0.3, 0.4) is 0 Å². The standard InChI is InChI=1S/C11H11ClFNO2/c12-8-4-11(16)14(5-8)10-2-1-9(13)3-7(10)6-15/h1-3,8,15H,4-6H2. The van der Waals surface area contributed by atoms with E-state index in [-0.39, 0.29) is 24.3 Å². The summed E-state index contributed by atoms with van der Waals surface area (Å²) in [5.74, 6) is -0.525. The van der Waals surface area contributed by atoms with Gasteiger partial charge in [0.1, 0.15) is 5.82 Å². The molecule has 1 atom stereocenters. The minimum absolute atomic E-state index is 0.0960. The zero-order valence-corrected chi connectivity index (χ0v) is 9.25. The molecular weight excluding hydrogens is 233 g/mol. The summed E-state index contributed by atoms with van der Waals surface area (Å²) < 4.78 is 13.0. The number of carbonyl (C=O) groups excluding carboxylic acids is 1.